The number of rotatable bonds is 6. The first-order chi connectivity index (χ1) is 12.0. The van der Waals surface area contributed by atoms with Crippen LogP contribution < -0.4 is 10.6 Å². The molecule has 1 aliphatic rings. The first-order valence-electron chi connectivity index (χ1n) is 8.86. The fourth-order valence-corrected chi connectivity index (χ4v) is 2.83. The van der Waals surface area contributed by atoms with Crippen LogP contribution >= 0.6 is 0 Å². The topological polar surface area (TPSA) is 103 Å². The second kappa shape index (κ2) is 7.73. The highest BCUT2D eigenvalue weighted by molar-refractivity contribution is 6.01. The number of hydrogen-bond donors (Lipinski definition) is 2. The molecule has 0 saturated carbocycles. The van der Waals surface area contributed by atoms with E-state index in [1.165, 1.54) is 0 Å². The average molecular weight is 346 g/mol. The molecule has 0 spiro atoms. The first kappa shape index (κ1) is 17.5. The van der Waals surface area contributed by atoms with Crippen LogP contribution in [0.5, 0.6) is 0 Å². The zero-order chi connectivity index (χ0) is 17.8. The van der Waals surface area contributed by atoms with Crippen molar-refractivity contribution < 1.29 is 4.79 Å². The Morgan fingerprint density at radius 2 is 2.16 bits per heavy atom. The predicted molar refractivity (Wildman–Crippen MR) is 93.3 cm³/mol. The summed E-state index contributed by atoms with van der Waals surface area (Å²) in [6.45, 7) is 7.01. The molecule has 2 aromatic rings. The maximum absolute atomic E-state index is 12.4. The van der Waals surface area contributed by atoms with Crippen molar-refractivity contribution in [3.05, 3.63) is 17.7 Å². The molecule has 2 N–H and O–H groups in total. The van der Waals surface area contributed by atoms with Crippen LogP contribution in [0.4, 0.5) is 5.95 Å². The maximum Gasteiger partial charge on any atom is 0.280 e. The number of anilines is 1. The first-order valence-corrected chi connectivity index (χ1v) is 8.86. The van der Waals surface area contributed by atoms with Crippen molar-refractivity contribution in [2.24, 2.45) is 13.0 Å². The highest BCUT2D eigenvalue weighted by Gasteiger charge is 2.22. The standard InChI is InChI=1S/C16H26N8O/c1-11(2)6-9-24-10-13(20-22-24)15(25)19-16-18-14(21-23(16)3)12-4-7-17-8-5-12/h10-12,17H,4-9H2,1-3H3,(H,18,19,21,25). The third-order valence-electron chi connectivity index (χ3n) is 4.42. The van der Waals surface area contributed by atoms with Crippen molar-refractivity contribution in [1.29, 1.82) is 0 Å². The predicted octanol–water partition coefficient (Wildman–Crippen LogP) is 1.17. The van der Waals surface area contributed by atoms with Gasteiger partial charge in [0.2, 0.25) is 5.95 Å². The van der Waals surface area contributed by atoms with Gasteiger partial charge in [0.05, 0.1) is 6.20 Å². The van der Waals surface area contributed by atoms with E-state index in [1.807, 2.05) is 0 Å². The summed E-state index contributed by atoms with van der Waals surface area (Å²) in [6, 6.07) is 0. The van der Waals surface area contributed by atoms with Gasteiger partial charge in [0.15, 0.2) is 11.5 Å². The summed E-state index contributed by atoms with van der Waals surface area (Å²) < 4.78 is 3.31. The van der Waals surface area contributed by atoms with Gasteiger partial charge in [-0.05, 0) is 38.3 Å². The molecule has 0 bridgehead atoms. The summed E-state index contributed by atoms with van der Waals surface area (Å²) in [5.41, 5.74) is 0.287. The number of carbonyl (C=O) groups excluding carboxylic acids is 1. The average Bonchev–Trinajstić information content (AvgIpc) is 3.21. The molecule has 1 fully saturated rings. The largest absolute Gasteiger partial charge is 0.317 e. The minimum absolute atomic E-state index is 0.287. The van der Waals surface area contributed by atoms with Gasteiger partial charge in [-0.1, -0.05) is 19.1 Å². The van der Waals surface area contributed by atoms with E-state index in [2.05, 4.69) is 44.9 Å². The normalized spacial score (nSPS) is 15.7. The summed E-state index contributed by atoms with van der Waals surface area (Å²) in [4.78, 5) is 16.9. The van der Waals surface area contributed by atoms with Gasteiger partial charge in [0.25, 0.3) is 5.91 Å². The quantitative estimate of drug-likeness (QED) is 0.814. The van der Waals surface area contributed by atoms with Gasteiger partial charge in [-0.15, -0.1) is 5.10 Å². The number of carbonyl (C=O) groups is 1. The van der Waals surface area contributed by atoms with E-state index in [4.69, 9.17) is 0 Å². The van der Waals surface area contributed by atoms with Crippen molar-refractivity contribution in [2.75, 3.05) is 18.4 Å². The number of aryl methyl sites for hydroxylation is 2. The number of amides is 1. The Balaban J connectivity index is 1.63. The smallest absolute Gasteiger partial charge is 0.280 e. The van der Waals surface area contributed by atoms with Gasteiger partial charge in [0.1, 0.15) is 0 Å². The second-order valence-corrected chi connectivity index (χ2v) is 6.94. The summed E-state index contributed by atoms with van der Waals surface area (Å²) >= 11 is 0. The van der Waals surface area contributed by atoms with Crippen LogP contribution in [-0.4, -0.2) is 48.8 Å². The summed E-state index contributed by atoms with van der Waals surface area (Å²) in [6.07, 6.45) is 4.69. The fourth-order valence-electron chi connectivity index (χ4n) is 2.83. The van der Waals surface area contributed by atoms with Crippen molar-refractivity contribution in [1.82, 2.24) is 35.1 Å². The van der Waals surface area contributed by atoms with Crippen molar-refractivity contribution in [2.45, 2.75) is 45.6 Å². The fraction of sp³-hybridized carbons (Fsp3) is 0.688. The molecule has 25 heavy (non-hydrogen) atoms. The van der Waals surface area contributed by atoms with Gasteiger partial charge >= 0.3 is 0 Å². The van der Waals surface area contributed by atoms with E-state index in [1.54, 1.807) is 22.6 Å². The Kier molecular flexibility index (Phi) is 5.42. The molecule has 3 heterocycles. The summed E-state index contributed by atoms with van der Waals surface area (Å²) in [7, 11) is 1.78. The molecule has 1 amide bonds. The van der Waals surface area contributed by atoms with Gasteiger partial charge in [-0.2, -0.15) is 10.1 Å². The van der Waals surface area contributed by atoms with Gasteiger partial charge in [-0.25, -0.2) is 4.68 Å². The maximum atomic E-state index is 12.4. The highest BCUT2D eigenvalue weighted by atomic mass is 16.2. The lowest BCUT2D eigenvalue weighted by Crippen LogP contribution is -2.27. The molecule has 9 heteroatoms. The van der Waals surface area contributed by atoms with Crippen LogP contribution in [0.15, 0.2) is 6.20 Å². The lowest BCUT2D eigenvalue weighted by molar-refractivity contribution is 0.102. The van der Waals surface area contributed by atoms with Crippen LogP contribution in [0.25, 0.3) is 0 Å². The molecular formula is C16H26N8O. The number of aromatic nitrogens is 6. The van der Waals surface area contributed by atoms with Crippen LogP contribution in [0.3, 0.4) is 0 Å². The number of nitrogens with zero attached hydrogens (tertiary/aromatic N) is 6. The molecule has 9 nitrogen and oxygen atoms in total. The van der Waals surface area contributed by atoms with Crippen LogP contribution in [0.1, 0.15) is 55.3 Å². The Labute approximate surface area is 147 Å². The van der Waals surface area contributed by atoms with E-state index in [-0.39, 0.29) is 11.6 Å². The minimum atomic E-state index is -0.317. The number of hydrogen-bond acceptors (Lipinski definition) is 6. The number of nitrogens with one attached hydrogen (secondary N) is 2. The number of piperidine rings is 1. The van der Waals surface area contributed by atoms with Gasteiger partial charge in [0, 0.05) is 19.5 Å². The molecule has 1 aliphatic heterocycles. The van der Waals surface area contributed by atoms with Crippen molar-refractivity contribution in [3.8, 4) is 0 Å². The Morgan fingerprint density at radius 3 is 2.88 bits per heavy atom. The molecule has 0 unspecified atom stereocenters. The monoisotopic (exact) mass is 346 g/mol. The Morgan fingerprint density at radius 1 is 1.40 bits per heavy atom. The van der Waals surface area contributed by atoms with Gasteiger partial charge < -0.3 is 5.32 Å². The molecule has 0 radical (unpaired) electrons. The summed E-state index contributed by atoms with van der Waals surface area (Å²) in [5.74, 6) is 1.84. The van der Waals surface area contributed by atoms with E-state index in [9.17, 15) is 4.79 Å². The van der Waals surface area contributed by atoms with Gasteiger partial charge in [-0.3, -0.25) is 14.8 Å². The van der Waals surface area contributed by atoms with Crippen LogP contribution in [0, 0.1) is 5.92 Å². The Hall–Kier alpha value is -2.29. The van der Waals surface area contributed by atoms with E-state index < -0.39 is 0 Å². The summed E-state index contributed by atoms with van der Waals surface area (Å²) in [5, 5.41) is 18.5. The molecule has 0 atom stereocenters. The lowest BCUT2D eigenvalue weighted by Gasteiger charge is -2.19. The third kappa shape index (κ3) is 4.41. The zero-order valence-electron chi connectivity index (χ0n) is 15.1. The van der Waals surface area contributed by atoms with Crippen LogP contribution in [-0.2, 0) is 13.6 Å². The molecular weight excluding hydrogens is 320 g/mol. The minimum Gasteiger partial charge on any atom is -0.317 e. The van der Waals surface area contributed by atoms with Crippen molar-refractivity contribution >= 4 is 11.9 Å². The molecule has 3 rings (SSSR count). The Bertz CT molecular complexity index is 714. The molecule has 1 saturated heterocycles. The van der Waals surface area contributed by atoms with E-state index in [0.29, 0.717) is 17.8 Å². The molecule has 0 aromatic carbocycles. The zero-order valence-corrected chi connectivity index (χ0v) is 15.1. The highest BCUT2D eigenvalue weighted by Crippen LogP contribution is 2.23. The van der Waals surface area contributed by atoms with E-state index >= 15 is 0 Å². The second-order valence-electron chi connectivity index (χ2n) is 6.94. The third-order valence-corrected chi connectivity index (χ3v) is 4.42. The van der Waals surface area contributed by atoms with Crippen LogP contribution in [0.2, 0.25) is 0 Å². The SMILES string of the molecule is CC(C)CCn1cc(C(=O)Nc2nc(C3CCNCC3)nn2C)nn1. The molecule has 0 aliphatic carbocycles. The molecule has 136 valence electrons. The molecule has 2 aromatic heterocycles. The lowest BCUT2D eigenvalue weighted by atomic mass is 9.98. The van der Waals surface area contributed by atoms with E-state index in [0.717, 1.165) is 44.7 Å². The van der Waals surface area contributed by atoms with Crippen molar-refractivity contribution in [3.63, 3.8) is 0 Å².